The number of carbonyl (C=O) groups excluding carboxylic acids is 1. The number of benzene rings is 2. The fourth-order valence-electron chi connectivity index (χ4n) is 2.37. The van der Waals surface area contributed by atoms with Crippen LogP contribution in [-0.2, 0) is 26.1 Å². The molecule has 3 N–H and O–H groups in total. The number of nitrogens with one attached hydrogen (secondary N) is 1. The van der Waals surface area contributed by atoms with Crippen LogP contribution in [0.5, 0.6) is 0 Å². The first-order valence-corrected chi connectivity index (χ1v) is 9.44. The lowest BCUT2D eigenvalue weighted by Gasteiger charge is -2.06. The van der Waals surface area contributed by atoms with E-state index < -0.39 is 10.8 Å². The highest BCUT2D eigenvalue weighted by atomic mass is 32.2. The Kier molecular flexibility index (Phi) is 6.89. The standard InChI is InChI=1S/C19H22N2O3S/c1-24-18(22)3-2-12-25(23)13-14-4-6-15(7-5-14)16-8-10-17(11-9-16)19(20)21/h4-11H,2-3,12-13H2,1H3,(H3,20,21). The largest absolute Gasteiger partial charge is 0.469 e. The molecule has 0 amide bonds. The average Bonchev–Trinajstić information content (AvgIpc) is 2.62. The van der Waals surface area contributed by atoms with E-state index in [9.17, 15) is 9.00 Å². The van der Waals surface area contributed by atoms with Crippen molar-refractivity contribution in [3.8, 4) is 11.1 Å². The quantitative estimate of drug-likeness (QED) is 0.431. The van der Waals surface area contributed by atoms with E-state index in [2.05, 4.69) is 4.74 Å². The molecule has 6 heteroatoms. The van der Waals surface area contributed by atoms with E-state index in [4.69, 9.17) is 11.1 Å². The third-order valence-electron chi connectivity index (χ3n) is 3.79. The Labute approximate surface area is 150 Å². The van der Waals surface area contributed by atoms with Crippen molar-refractivity contribution in [2.75, 3.05) is 12.9 Å². The molecule has 0 heterocycles. The van der Waals surface area contributed by atoms with Gasteiger partial charge in [0.2, 0.25) is 0 Å². The second kappa shape index (κ2) is 9.13. The minimum absolute atomic E-state index is 0.0524. The van der Waals surface area contributed by atoms with Crippen molar-refractivity contribution >= 4 is 22.6 Å². The summed E-state index contributed by atoms with van der Waals surface area (Å²) in [6.45, 7) is 0. The molecule has 132 valence electrons. The summed E-state index contributed by atoms with van der Waals surface area (Å²) in [5, 5.41) is 7.41. The van der Waals surface area contributed by atoms with E-state index >= 15 is 0 Å². The molecule has 0 bridgehead atoms. The number of ether oxygens (including phenoxy) is 1. The first kappa shape index (κ1) is 18.9. The molecule has 5 nitrogen and oxygen atoms in total. The lowest BCUT2D eigenvalue weighted by Crippen LogP contribution is -2.10. The Bertz CT molecular complexity index is 755. The van der Waals surface area contributed by atoms with Gasteiger partial charge < -0.3 is 10.5 Å². The predicted molar refractivity (Wildman–Crippen MR) is 101 cm³/mol. The molecule has 0 saturated heterocycles. The highest BCUT2D eigenvalue weighted by Crippen LogP contribution is 2.21. The van der Waals surface area contributed by atoms with Gasteiger partial charge in [0.1, 0.15) is 5.84 Å². The van der Waals surface area contributed by atoms with Crippen LogP contribution < -0.4 is 5.73 Å². The minimum Gasteiger partial charge on any atom is -0.469 e. The normalized spacial score (nSPS) is 11.7. The molecule has 0 fully saturated rings. The molecule has 2 aromatic carbocycles. The second-order valence-corrected chi connectivity index (χ2v) is 7.23. The van der Waals surface area contributed by atoms with E-state index in [1.165, 1.54) is 7.11 Å². The minimum atomic E-state index is -0.994. The second-order valence-electron chi connectivity index (χ2n) is 5.66. The van der Waals surface area contributed by atoms with Crippen molar-refractivity contribution in [3.05, 3.63) is 59.7 Å². The molecule has 0 saturated carbocycles. The van der Waals surface area contributed by atoms with E-state index in [0.717, 1.165) is 16.7 Å². The van der Waals surface area contributed by atoms with Crippen LogP contribution in [0, 0.1) is 5.41 Å². The Hall–Kier alpha value is -2.47. The van der Waals surface area contributed by atoms with Crippen molar-refractivity contribution < 1.29 is 13.7 Å². The van der Waals surface area contributed by atoms with Gasteiger partial charge >= 0.3 is 5.97 Å². The molecule has 0 aliphatic rings. The number of rotatable bonds is 8. The molecule has 1 atom stereocenters. The Morgan fingerprint density at radius 3 is 2.16 bits per heavy atom. The van der Waals surface area contributed by atoms with Crippen molar-refractivity contribution in [1.82, 2.24) is 0 Å². The fourth-order valence-corrected chi connectivity index (χ4v) is 3.55. The highest BCUT2D eigenvalue weighted by Gasteiger charge is 2.06. The maximum atomic E-state index is 12.1. The molecule has 0 radical (unpaired) electrons. The Morgan fingerprint density at radius 1 is 1.08 bits per heavy atom. The number of carbonyl (C=O) groups is 1. The number of nitrogen functional groups attached to an aromatic ring is 1. The first-order chi connectivity index (χ1) is 12.0. The zero-order valence-corrected chi connectivity index (χ0v) is 15.0. The topological polar surface area (TPSA) is 93.2 Å². The SMILES string of the molecule is COC(=O)CCCS(=O)Cc1ccc(-c2ccc(C(=N)N)cc2)cc1. The van der Waals surface area contributed by atoms with Crippen LogP contribution >= 0.6 is 0 Å². The molecule has 1 unspecified atom stereocenters. The van der Waals surface area contributed by atoms with Gasteiger partial charge in [-0.3, -0.25) is 14.4 Å². The van der Waals surface area contributed by atoms with Crippen molar-refractivity contribution in [2.24, 2.45) is 5.73 Å². The molecule has 2 rings (SSSR count). The van der Waals surface area contributed by atoms with Crippen LogP contribution in [0.2, 0.25) is 0 Å². The van der Waals surface area contributed by atoms with Gasteiger partial charge in [0, 0.05) is 34.3 Å². The van der Waals surface area contributed by atoms with Crippen molar-refractivity contribution in [2.45, 2.75) is 18.6 Å². The number of hydrogen-bond donors (Lipinski definition) is 2. The molecular formula is C19H22N2O3S. The third-order valence-corrected chi connectivity index (χ3v) is 5.19. The summed E-state index contributed by atoms with van der Waals surface area (Å²) in [5.41, 5.74) is 9.24. The summed E-state index contributed by atoms with van der Waals surface area (Å²) < 4.78 is 16.6. The molecule has 2 aromatic rings. The van der Waals surface area contributed by atoms with Crippen molar-refractivity contribution in [1.29, 1.82) is 5.41 Å². The third kappa shape index (κ3) is 5.83. The zero-order chi connectivity index (χ0) is 18.2. The number of methoxy groups -OCH3 is 1. The van der Waals surface area contributed by atoms with Crippen LogP contribution in [0.15, 0.2) is 48.5 Å². The molecule has 0 aliphatic heterocycles. The van der Waals surface area contributed by atoms with E-state index in [0.29, 0.717) is 29.9 Å². The van der Waals surface area contributed by atoms with Crippen LogP contribution in [-0.4, -0.2) is 28.9 Å². The van der Waals surface area contributed by atoms with Crippen LogP contribution in [0.1, 0.15) is 24.0 Å². The number of nitrogens with two attached hydrogens (primary N) is 1. The van der Waals surface area contributed by atoms with Crippen molar-refractivity contribution in [3.63, 3.8) is 0 Å². The predicted octanol–water partition coefficient (Wildman–Crippen LogP) is 2.84. The first-order valence-electron chi connectivity index (χ1n) is 7.95. The van der Waals surface area contributed by atoms with Gasteiger partial charge in [-0.25, -0.2) is 0 Å². The van der Waals surface area contributed by atoms with Gasteiger partial charge in [-0.15, -0.1) is 0 Å². The fraction of sp³-hybridized carbons (Fsp3) is 0.263. The summed E-state index contributed by atoms with van der Waals surface area (Å²) >= 11 is 0. The summed E-state index contributed by atoms with van der Waals surface area (Å²) in [7, 11) is 0.362. The Balaban J connectivity index is 1.92. The molecule has 25 heavy (non-hydrogen) atoms. The summed E-state index contributed by atoms with van der Waals surface area (Å²) in [4.78, 5) is 11.0. The summed E-state index contributed by atoms with van der Waals surface area (Å²) in [5.74, 6) is 0.752. The molecular weight excluding hydrogens is 336 g/mol. The van der Waals surface area contributed by atoms with Crippen LogP contribution in [0.3, 0.4) is 0 Å². The smallest absolute Gasteiger partial charge is 0.305 e. The van der Waals surface area contributed by atoms with E-state index in [-0.39, 0.29) is 11.8 Å². The molecule has 0 aliphatic carbocycles. The van der Waals surface area contributed by atoms with Gasteiger partial charge in [0.05, 0.1) is 7.11 Å². The van der Waals surface area contributed by atoms with Gasteiger partial charge in [0.25, 0.3) is 0 Å². The number of hydrogen-bond acceptors (Lipinski definition) is 4. The van der Waals surface area contributed by atoms with E-state index in [1.54, 1.807) is 0 Å². The highest BCUT2D eigenvalue weighted by molar-refractivity contribution is 7.84. The van der Waals surface area contributed by atoms with E-state index in [1.807, 2.05) is 48.5 Å². The number of amidine groups is 1. The lowest BCUT2D eigenvalue weighted by molar-refractivity contribution is -0.140. The molecule has 0 aromatic heterocycles. The zero-order valence-electron chi connectivity index (χ0n) is 14.2. The van der Waals surface area contributed by atoms with Gasteiger partial charge in [-0.2, -0.15) is 0 Å². The van der Waals surface area contributed by atoms with Gasteiger partial charge in [-0.05, 0) is 23.1 Å². The number of esters is 1. The maximum absolute atomic E-state index is 12.1. The van der Waals surface area contributed by atoms with Gasteiger partial charge in [-0.1, -0.05) is 48.5 Å². The molecule has 0 spiro atoms. The monoisotopic (exact) mass is 358 g/mol. The van der Waals surface area contributed by atoms with Crippen LogP contribution in [0.4, 0.5) is 0 Å². The van der Waals surface area contributed by atoms with Gasteiger partial charge in [0.15, 0.2) is 0 Å². The maximum Gasteiger partial charge on any atom is 0.305 e. The van der Waals surface area contributed by atoms with Crippen LogP contribution in [0.25, 0.3) is 11.1 Å². The average molecular weight is 358 g/mol. The lowest BCUT2D eigenvalue weighted by atomic mass is 10.0. The Morgan fingerprint density at radius 2 is 1.64 bits per heavy atom. The summed E-state index contributed by atoms with van der Waals surface area (Å²) in [6, 6.07) is 15.4. The summed E-state index contributed by atoms with van der Waals surface area (Å²) in [6.07, 6.45) is 0.872.